The third kappa shape index (κ3) is 6.79. The molecule has 0 aromatic heterocycles. The molecule has 1 saturated heterocycles. The highest BCUT2D eigenvalue weighted by Gasteiger charge is 2.33. The van der Waals surface area contributed by atoms with E-state index in [1.165, 1.54) is 23.1 Å². The summed E-state index contributed by atoms with van der Waals surface area (Å²) in [5, 5.41) is 14.1. The van der Waals surface area contributed by atoms with Crippen LogP contribution in [0.25, 0.3) is 6.08 Å². The van der Waals surface area contributed by atoms with Gasteiger partial charge in [-0.25, -0.2) is 0 Å². The van der Waals surface area contributed by atoms with Gasteiger partial charge < -0.3 is 15.0 Å². The molecule has 0 radical (unpaired) electrons. The van der Waals surface area contributed by atoms with E-state index in [2.05, 4.69) is 10.2 Å². The van der Waals surface area contributed by atoms with Gasteiger partial charge >= 0.3 is 0 Å². The van der Waals surface area contributed by atoms with Crippen LogP contribution in [-0.2, 0) is 9.59 Å². The van der Waals surface area contributed by atoms with Crippen molar-refractivity contribution in [1.82, 2.24) is 0 Å². The first kappa shape index (κ1) is 29.1. The predicted octanol–water partition coefficient (Wildman–Crippen LogP) is 6.52. The molecule has 0 atom stereocenters. The summed E-state index contributed by atoms with van der Waals surface area (Å²) in [5.41, 5.74) is 2.20. The molecule has 1 heterocycles. The Labute approximate surface area is 245 Å². The molecule has 206 valence electrons. The number of hydrogen-bond donors (Lipinski definition) is 1. The van der Waals surface area contributed by atoms with Gasteiger partial charge in [-0.1, -0.05) is 47.7 Å². The van der Waals surface area contributed by atoms with Crippen LogP contribution in [0, 0.1) is 10.1 Å². The number of nitro benzene ring substituents is 1. The van der Waals surface area contributed by atoms with Crippen molar-refractivity contribution < 1.29 is 19.2 Å². The number of halogens is 1. The first-order valence-electron chi connectivity index (χ1n) is 12.3. The molecule has 1 aliphatic heterocycles. The van der Waals surface area contributed by atoms with Crippen LogP contribution in [0.15, 0.2) is 71.6 Å². The number of ether oxygens (including phenoxy) is 1. The molecule has 1 N–H and O–H groups in total. The van der Waals surface area contributed by atoms with E-state index in [-0.39, 0.29) is 23.9 Å². The molecule has 0 unspecified atom stereocenters. The van der Waals surface area contributed by atoms with Crippen LogP contribution >= 0.6 is 35.6 Å². The minimum absolute atomic E-state index is 0.136. The summed E-state index contributed by atoms with van der Waals surface area (Å²) in [6, 6.07) is 18.1. The van der Waals surface area contributed by atoms with Gasteiger partial charge in [-0.3, -0.25) is 24.6 Å². The number of carbonyl (C=O) groups is 2. The average molecular weight is 597 g/mol. The quantitative estimate of drug-likeness (QED) is 0.122. The second-order valence-corrected chi connectivity index (χ2v) is 10.6. The summed E-state index contributed by atoms with van der Waals surface area (Å²) < 4.78 is 6.30. The zero-order valence-corrected chi connectivity index (χ0v) is 24.0. The fourth-order valence-corrected chi connectivity index (χ4v) is 5.51. The molecule has 0 spiro atoms. The fourth-order valence-electron chi connectivity index (χ4n) is 4.04. The first-order chi connectivity index (χ1) is 19.2. The fraction of sp³-hybridized carbons (Fsp3) is 0.179. The third-order valence-corrected chi connectivity index (χ3v) is 7.51. The minimum atomic E-state index is -0.536. The van der Waals surface area contributed by atoms with E-state index >= 15 is 0 Å². The Kier molecular flexibility index (Phi) is 9.41. The number of amides is 2. The van der Waals surface area contributed by atoms with Crippen LogP contribution in [0.2, 0.25) is 5.02 Å². The molecule has 2 amide bonds. The molecule has 3 aromatic rings. The van der Waals surface area contributed by atoms with Crippen molar-refractivity contribution in [1.29, 1.82) is 0 Å². The maximum atomic E-state index is 13.3. The maximum absolute atomic E-state index is 13.3. The van der Waals surface area contributed by atoms with Crippen molar-refractivity contribution in [3.05, 3.63) is 92.3 Å². The molecule has 40 heavy (non-hydrogen) atoms. The van der Waals surface area contributed by atoms with Gasteiger partial charge in [0.1, 0.15) is 5.75 Å². The Bertz CT molecular complexity index is 1510. The Morgan fingerprint density at radius 3 is 2.60 bits per heavy atom. The topological polar surface area (TPSA) is 105 Å². The van der Waals surface area contributed by atoms with Crippen molar-refractivity contribution in [2.75, 3.05) is 34.8 Å². The lowest BCUT2D eigenvalue weighted by Crippen LogP contribution is -2.27. The number of thiocarbonyl (C=S) groups is 1. The smallest absolute Gasteiger partial charge is 0.271 e. The van der Waals surface area contributed by atoms with Gasteiger partial charge in [0.05, 0.1) is 15.5 Å². The van der Waals surface area contributed by atoms with Crippen molar-refractivity contribution in [2.24, 2.45) is 0 Å². The summed E-state index contributed by atoms with van der Waals surface area (Å²) in [6.07, 6.45) is 1.68. The molecule has 9 nitrogen and oxygen atoms in total. The van der Waals surface area contributed by atoms with E-state index in [0.717, 1.165) is 30.5 Å². The van der Waals surface area contributed by atoms with Crippen LogP contribution < -0.4 is 19.9 Å². The minimum Gasteiger partial charge on any atom is -0.483 e. The third-order valence-electron chi connectivity index (χ3n) is 5.97. The number of hydrogen-bond acceptors (Lipinski definition) is 8. The summed E-state index contributed by atoms with van der Waals surface area (Å²) in [7, 11) is 0. The van der Waals surface area contributed by atoms with Gasteiger partial charge in [0.25, 0.3) is 17.5 Å². The van der Waals surface area contributed by atoms with Crippen LogP contribution in [0.4, 0.5) is 22.7 Å². The van der Waals surface area contributed by atoms with Crippen LogP contribution in [0.5, 0.6) is 5.75 Å². The van der Waals surface area contributed by atoms with Crippen LogP contribution in [0.1, 0.15) is 19.4 Å². The number of benzene rings is 3. The molecule has 1 fully saturated rings. The van der Waals surface area contributed by atoms with Crippen molar-refractivity contribution in [3.63, 3.8) is 0 Å². The SMILES string of the molecule is CCN(CC)c1ccc(/C=C2\SC(=S)N(c3cccc(Cl)c3)C2=O)c(OCC(=O)Nc2cccc([N+](=O)[O-])c2)c1. The molecular weight excluding hydrogens is 572 g/mol. The van der Waals surface area contributed by atoms with Crippen molar-refractivity contribution in [2.45, 2.75) is 13.8 Å². The number of anilines is 3. The Morgan fingerprint density at radius 1 is 1.15 bits per heavy atom. The molecule has 3 aromatic carbocycles. The number of nitrogens with zero attached hydrogens (tertiary/aromatic N) is 3. The summed E-state index contributed by atoms with van der Waals surface area (Å²) >= 11 is 12.8. The summed E-state index contributed by atoms with van der Waals surface area (Å²) in [6.45, 7) is 5.24. The van der Waals surface area contributed by atoms with Gasteiger partial charge in [0, 0.05) is 53.2 Å². The maximum Gasteiger partial charge on any atom is 0.271 e. The summed E-state index contributed by atoms with van der Waals surface area (Å²) in [5.74, 6) is -0.391. The Morgan fingerprint density at radius 2 is 1.90 bits per heavy atom. The number of nitrogens with one attached hydrogen (secondary N) is 1. The highest BCUT2D eigenvalue weighted by atomic mass is 35.5. The lowest BCUT2D eigenvalue weighted by molar-refractivity contribution is -0.384. The second-order valence-electron chi connectivity index (χ2n) is 8.54. The first-order valence-corrected chi connectivity index (χ1v) is 13.9. The van der Waals surface area contributed by atoms with E-state index in [1.54, 1.807) is 36.4 Å². The molecule has 0 bridgehead atoms. The van der Waals surface area contributed by atoms with E-state index in [0.29, 0.717) is 31.2 Å². The number of thioether (sulfide) groups is 1. The van der Waals surface area contributed by atoms with E-state index in [9.17, 15) is 19.7 Å². The Hall–Kier alpha value is -3.93. The van der Waals surface area contributed by atoms with Crippen molar-refractivity contribution in [3.8, 4) is 5.75 Å². The van der Waals surface area contributed by atoms with Gasteiger partial charge in [-0.2, -0.15) is 0 Å². The van der Waals surface area contributed by atoms with E-state index in [1.807, 2.05) is 32.0 Å². The standard InChI is InChI=1S/C28H25ClN4O5S2/c1-3-31(4-2)21-12-11-18(13-25-27(35)32(28(39)40-25)22-9-5-7-19(29)14-22)24(16-21)38-17-26(34)30-20-8-6-10-23(15-20)33(36)37/h5-16H,3-4,17H2,1-2H3,(H,30,34)/b25-13-. The summed E-state index contributed by atoms with van der Waals surface area (Å²) in [4.78, 5) is 40.4. The highest BCUT2D eigenvalue weighted by Crippen LogP contribution is 2.38. The molecule has 12 heteroatoms. The zero-order valence-electron chi connectivity index (χ0n) is 21.6. The molecule has 0 saturated carbocycles. The van der Waals surface area contributed by atoms with Crippen LogP contribution in [0.3, 0.4) is 0 Å². The Balaban J connectivity index is 1.59. The van der Waals surface area contributed by atoms with E-state index in [4.69, 9.17) is 28.6 Å². The number of non-ortho nitro benzene ring substituents is 1. The molecule has 0 aliphatic carbocycles. The number of carbonyl (C=O) groups excluding carboxylic acids is 2. The average Bonchev–Trinajstić information content (AvgIpc) is 3.21. The molecule has 4 rings (SSSR count). The second kappa shape index (κ2) is 12.9. The van der Waals surface area contributed by atoms with Gasteiger partial charge in [0.2, 0.25) is 0 Å². The van der Waals surface area contributed by atoms with E-state index < -0.39 is 10.8 Å². The lowest BCUT2D eigenvalue weighted by Gasteiger charge is -2.22. The predicted molar refractivity (Wildman–Crippen MR) is 164 cm³/mol. The molecular formula is C28H25ClN4O5S2. The largest absolute Gasteiger partial charge is 0.483 e. The highest BCUT2D eigenvalue weighted by molar-refractivity contribution is 8.27. The van der Waals surface area contributed by atoms with Gasteiger partial charge in [-0.05, 0) is 56.3 Å². The van der Waals surface area contributed by atoms with Crippen LogP contribution in [-0.4, -0.2) is 40.8 Å². The normalized spacial score (nSPS) is 14.0. The molecule has 1 aliphatic rings. The zero-order chi connectivity index (χ0) is 28.8. The van der Waals surface area contributed by atoms with Gasteiger partial charge in [0.15, 0.2) is 10.9 Å². The number of rotatable bonds is 10. The van der Waals surface area contributed by atoms with Gasteiger partial charge in [-0.15, -0.1) is 0 Å². The number of nitro groups is 1. The monoisotopic (exact) mass is 596 g/mol. The van der Waals surface area contributed by atoms with Crippen molar-refractivity contribution >= 4 is 80.5 Å². The lowest BCUT2D eigenvalue weighted by atomic mass is 10.1.